The highest BCUT2D eigenvalue weighted by atomic mass is 16.5. The van der Waals surface area contributed by atoms with Crippen molar-refractivity contribution < 1.29 is 14.6 Å². The number of methoxy groups -OCH3 is 1. The van der Waals surface area contributed by atoms with Crippen molar-refractivity contribution in [3.63, 3.8) is 0 Å². The molecule has 0 unspecified atom stereocenters. The van der Waals surface area contributed by atoms with Crippen LogP contribution in [0.25, 0.3) is 0 Å². The van der Waals surface area contributed by atoms with Gasteiger partial charge in [0.25, 0.3) is 0 Å². The quantitative estimate of drug-likeness (QED) is 0.769. The molecule has 0 aromatic heterocycles. The van der Waals surface area contributed by atoms with Gasteiger partial charge in [-0.15, -0.1) is 0 Å². The van der Waals surface area contributed by atoms with Crippen molar-refractivity contribution in [2.75, 3.05) is 20.3 Å². The molecule has 14 heavy (non-hydrogen) atoms. The molecular weight excluding hydrogens is 180 g/mol. The lowest BCUT2D eigenvalue weighted by Gasteiger charge is -2.37. The number of aryl methyl sites for hydroxylation is 1. The third kappa shape index (κ3) is 1.38. The smallest absolute Gasteiger partial charge is 0.140 e. The van der Waals surface area contributed by atoms with E-state index in [9.17, 15) is 5.11 Å². The first-order valence-electron chi connectivity index (χ1n) is 4.61. The minimum Gasteiger partial charge on any atom is -0.496 e. The van der Waals surface area contributed by atoms with Gasteiger partial charge in [0.2, 0.25) is 0 Å². The Bertz CT molecular complexity index is 342. The molecule has 1 aromatic rings. The van der Waals surface area contributed by atoms with Crippen LogP contribution in [0.3, 0.4) is 0 Å². The summed E-state index contributed by atoms with van der Waals surface area (Å²) < 4.78 is 10.2. The van der Waals surface area contributed by atoms with E-state index in [1.807, 2.05) is 25.1 Å². The van der Waals surface area contributed by atoms with Crippen molar-refractivity contribution in [2.45, 2.75) is 12.5 Å². The average molecular weight is 194 g/mol. The summed E-state index contributed by atoms with van der Waals surface area (Å²) in [6, 6.07) is 5.79. The number of ether oxygens (including phenoxy) is 2. The summed E-state index contributed by atoms with van der Waals surface area (Å²) in [7, 11) is 1.61. The average Bonchev–Trinajstić information content (AvgIpc) is 2.14. The zero-order valence-electron chi connectivity index (χ0n) is 8.41. The van der Waals surface area contributed by atoms with Gasteiger partial charge in [-0.25, -0.2) is 0 Å². The standard InChI is InChI=1S/C11H14O3/c1-8-3-4-9(10(5-8)13-2)11(12)6-14-7-11/h3-5,12H,6-7H2,1-2H3. The lowest BCUT2D eigenvalue weighted by atomic mass is 9.90. The summed E-state index contributed by atoms with van der Waals surface area (Å²) in [5, 5.41) is 10.1. The van der Waals surface area contributed by atoms with Crippen molar-refractivity contribution in [1.29, 1.82) is 0 Å². The van der Waals surface area contributed by atoms with Crippen LogP contribution < -0.4 is 4.74 Å². The van der Waals surface area contributed by atoms with Gasteiger partial charge in [-0.2, -0.15) is 0 Å². The van der Waals surface area contributed by atoms with Gasteiger partial charge in [0.15, 0.2) is 0 Å². The predicted octanol–water partition coefficient (Wildman–Crippen LogP) is 1.22. The molecule has 3 heteroatoms. The van der Waals surface area contributed by atoms with E-state index in [1.165, 1.54) is 0 Å². The van der Waals surface area contributed by atoms with E-state index < -0.39 is 5.60 Å². The first kappa shape index (κ1) is 9.49. The zero-order chi connectivity index (χ0) is 10.2. The van der Waals surface area contributed by atoms with E-state index in [2.05, 4.69) is 0 Å². The van der Waals surface area contributed by atoms with E-state index in [0.29, 0.717) is 13.2 Å². The largest absolute Gasteiger partial charge is 0.496 e. The Labute approximate surface area is 83.3 Å². The molecule has 0 bridgehead atoms. The maximum Gasteiger partial charge on any atom is 0.140 e. The third-order valence-corrected chi connectivity index (χ3v) is 2.54. The first-order chi connectivity index (χ1) is 6.65. The normalized spacial score (nSPS) is 18.8. The number of hydrogen-bond acceptors (Lipinski definition) is 3. The van der Waals surface area contributed by atoms with E-state index in [0.717, 1.165) is 16.9 Å². The molecule has 1 aliphatic heterocycles. The third-order valence-electron chi connectivity index (χ3n) is 2.54. The Hall–Kier alpha value is -1.06. The molecule has 76 valence electrons. The Morgan fingerprint density at radius 1 is 1.43 bits per heavy atom. The minimum absolute atomic E-state index is 0.354. The van der Waals surface area contributed by atoms with Crippen LogP contribution in [0.1, 0.15) is 11.1 Å². The molecule has 0 amide bonds. The Kier molecular flexibility index (Phi) is 2.21. The molecule has 1 aromatic carbocycles. The van der Waals surface area contributed by atoms with Crippen molar-refractivity contribution in [2.24, 2.45) is 0 Å². The zero-order valence-corrected chi connectivity index (χ0v) is 8.41. The van der Waals surface area contributed by atoms with Crippen molar-refractivity contribution in [1.82, 2.24) is 0 Å². The van der Waals surface area contributed by atoms with Gasteiger partial charge in [-0.05, 0) is 18.6 Å². The maximum atomic E-state index is 10.1. The molecule has 3 nitrogen and oxygen atoms in total. The maximum absolute atomic E-state index is 10.1. The van der Waals surface area contributed by atoms with Gasteiger partial charge in [0.1, 0.15) is 11.4 Å². The summed E-state index contributed by atoms with van der Waals surface area (Å²) in [5.41, 5.74) is 1.09. The van der Waals surface area contributed by atoms with Gasteiger partial charge in [0, 0.05) is 5.56 Å². The van der Waals surface area contributed by atoms with Crippen LogP contribution in [0.15, 0.2) is 18.2 Å². The van der Waals surface area contributed by atoms with Crippen LogP contribution in [-0.2, 0) is 10.3 Å². The fourth-order valence-corrected chi connectivity index (χ4v) is 1.63. The van der Waals surface area contributed by atoms with E-state index in [1.54, 1.807) is 7.11 Å². The molecule has 1 N–H and O–H groups in total. The predicted molar refractivity (Wildman–Crippen MR) is 52.4 cm³/mol. The summed E-state index contributed by atoms with van der Waals surface area (Å²) in [5.74, 6) is 0.732. The SMILES string of the molecule is COc1cc(C)ccc1C1(O)COC1. The van der Waals surface area contributed by atoms with Gasteiger partial charge >= 0.3 is 0 Å². The van der Waals surface area contributed by atoms with E-state index in [-0.39, 0.29) is 0 Å². The number of benzene rings is 1. The highest BCUT2D eigenvalue weighted by Crippen LogP contribution is 2.35. The highest BCUT2D eigenvalue weighted by molar-refractivity contribution is 5.42. The van der Waals surface area contributed by atoms with Crippen LogP contribution in [0.5, 0.6) is 5.75 Å². The second-order valence-corrected chi connectivity index (χ2v) is 3.73. The molecule has 0 atom stereocenters. The molecule has 1 heterocycles. The second-order valence-electron chi connectivity index (χ2n) is 3.73. The monoisotopic (exact) mass is 194 g/mol. The summed E-state index contributed by atoms with van der Waals surface area (Å²) >= 11 is 0. The van der Waals surface area contributed by atoms with Crippen molar-refractivity contribution >= 4 is 0 Å². The molecule has 0 radical (unpaired) electrons. The van der Waals surface area contributed by atoms with Gasteiger partial charge in [0.05, 0.1) is 20.3 Å². The number of hydrogen-bond donors (Lipinski definition) is 1. The van der Waals surface area contributed by atoms with Crippen molar-refractivity contribution in [3.8, 4) is 5.75 Å². The molecule has 2 rings (SSSR count). The van der Waals surface area contributed by atoms with Crippen LogP contribution in [0.2, 0.25) is 0 Å². The lowest BCUT2D eigenvalue weighted by molar-refractivity contribution is -0.185. The Morgan fingerprint density at radius 3 is 2.64 bits per heavy atom. The second kappa shape index (κ2) is 3.26. The molecule has 1 saturated heterocycles. The van der Waals surface area contributed by atoms with Gasteiger partial charge in [-0.3, -0.25) is 0 Å². The fourth-order valence-electron chi connectivity index (χ4n) is 1.63. The Balaban J connectivity index is 2.41. The fraction of sp³-hybridized carbons (Fsp3) is 0.455. The van der Waals surface area contributed by atoms with Crippen LogP contribution in [0, 0.1) is 6.92 Å². The van der Waals surface area contributed by atoms with Crippen LogP contribution >= 0.6 is 0 Å². The summed E-state index contributed by atoms with van der Waals surface area (Å²) in [6.45, 7) is 2.70. The molecule has 0 aliphatic carbocycles. The minimum atomic E-state index is -0.848. The van der Waals surface area contributed by atoms with Crippen LogP contribution in [-0.4, -0.2) is 25.4 Å². The van der Waals surface area contributed by atoms with Gasteiger partial charge < -0.3 is 14.6 Å². The Morgan fingerprint density at radius 2 is 2.14 bits per heavy atom. The number of aliphatic hydroxyl groups is 1. The molecular formula is C11H14O3. The van der Waals surface area contributed by atoms with Crippen LogP contribution in [0.4, 0.5) is 0 Å². The number of rotatable bonds is 2. The summed E-state index contributed by atoms with van der Waals surface area (Å²) in [4.78, 5) is 0. The molecule has 0 spiro atoms. The molecule has 0 saturated carbocycles. The first-order valence-corrected chi connectivity index (χ1v) is 4.61. The highest BCUT2D eigenvalue weighted by Gasteiger charge is 2.40. The summed E-state index contributed by atoms with van der Waals surface area (Å²) in [6.07, 6.45) is 0. The lowest BCUT2D eigenvalue weighted by Crippen LogP contribution is -2.46. The van der Waals surface area contributed by atoms with E-state index >= 15 is 0 Å². The molecule has 1 aliphatic rings. The molecule has 1 fully saturated rings. The van der Waals surface area contributed by atoms with Crippen molar-refractivity contribution in [3.05, 3.63) is 29.3 Å². The topological polar surface area (TPSA) is 38.7 Å². The van der Waals surface area contributed by atoms with Gasteiger partial charge in [-0.1, -0.05) is 12.1 Å². The van der Waals surface area contributed by atoms with E-state index in [4.69, 9.17) is 9.47 Å².